The first-order valence-corrected chi connectivity index (χ1v) is 23.4. The average molecular weight is 930 g/mol. The molecule has 0 aliphatic heterocycles. The fourth-order valence-corrected chi connectivity index (χ4v) is 10.0. The summed E-state index contributed by atoms with van der Waals surface area (Å²) in [5.74, 6) is -2.17. The molecule has 0 spiro atoms. The predicted octanol–water partition coefficient (Wildman–Crippen LogP) is 6.92. The molecule has 1 fully saturated rings. The second kappa shape index (κ2) is 19.6. The summed E-state index contributed by atoms with van der Waals surface area (Å²) in [6, 6.07) is 26.5. The van der Waals surface area contributed by atoms with Gasteiger partial charge in [-0.05, 0) is 98.1 Å². The number of ether oxygens (including phenoxy) is 2. The van der Waals surface area contributed by atoms with Gasteiger partial charge in [-0.3, -0.25) is 14.6 Å². The lowest BCUT2D eigenvalue weighted by molar-refractivity contribution is -0.140. The van der Waals surface area contributed by atoms with Gasteiger partial charge in [-0.15, -0.1) is 4.83 Å². The van der Waals surface area contributed by atoms with E-state index in [1.165, 1.54) is 6.07 Å². The third-order valence-corrected chi connectivity index (χ3v) is 13.4. The number of nitrogens with zero attached hydrogens (tertiary/aromatic N) is 4. The van der Waals surface area contributed by atoms with Crippen LogP contribution in [-0.4, -0.2) is 102 Å². The lowest BCUT2D eigenvalue weighted by Gasteiger charge is -2.25. The number of amides is 2. The van der Waals surface area contributed by atoms with Crippen molar-refractivity contribution in [2.24, 2.45) is 0 Å². The molecule has 17 nitrogen and oxygen atoms in total. The lowest BCUT2D eigenvalue weighted by Crippen LogP contribution is -2.47. The second-order valence-corrected chi connectivity index (χ2v) is 18.3. The maximum Gasteiger partial charge on any atom is 0.341 e. The number of likely N-dealkylation sites (N-methyl/N-ethyl adjacent to an activating group) is 1. The minimum atomic E-state index is -4.16. The molecule has 1 aliphatic carbocycles. The maximum absolute atomic E-state index is 13.7. The third kappa shape index (κ3) is 10.0. The van der Waals surface area contributed by atoms with Gasteiger partial charge in [-0.1, -0.05) is 43.5 Å². The van der Waals surface area contributed by atoms with E-state index in [0.717, 1.165) is 59.3 Å². The van der Waals surface area contributed by atoms with Crippen LogP contribution in [0.4, 0.5) is 5.69 Å². The molecule has 5 aromatic carbocycles. The minimum Gasteiger partial charge on any atom is -0.484 e. The molecule has 1 aliphatic rings. The molecule has 0 saturated heterocycles. The first-order valence-electron chi connectivity index (χ1n) is 22.0. The number of H-pyrrole nitrogens is 1. The average Bonchev–Trinajstić information content (AvgIpc) is 3.92. The number of hydrazine groups is 1. The van der Waals surface area contributed by atoms with E-state index in [2.05, 4.69) is 19.7 Å². The van der Waals surface area contributed by atoms with Crippen molar-refractivity contribution in [1.29, 1.82) is 0 Å². The first-order chi connectivity index (χ1) is 32.2. The van der Waals surface area contributed by atoms with Crippen molar-refractivity contribution in [3.63, 3.8) is 0 Å². The Morgan fingerprint density at radius 1 is 0.851 bits per heavy atom. The number of carboxylic acid groups (broad SMARTS) is 2. The molecule has 2 amide bonds. The minimum absolute atomic E-state index is 0.0452. The van der Waals surface area contributed by atoms with Crippen molar-refractivity contribution in [3.05, 3.63) is 114 Å². The molecule has 8 rings (SSSR count). The molecular weight excluding hydrogens is 879 g/mol. The van der Waals surface area contributed by atoms with Gasteiger partial charge in [0, 0.05) is 77.8 Å². The van der Waals surface area contributed by atoms with Crippen LogP contribution in [0.2, 0.25) is 0 Å². The number of carboxylic acids is 2. The quantitative estimate of drug-likeness (QED) is 0.0553. The summed E-state index contributed by atoms with van der Waals surface area (Å²) < 4.78 is 40.7. The molecule has 0 bridgehead atoms. The molecule has 18 heteroatoms. The standard InChI is InChI=1S/C49H51N7O10S/c1-4-55(53-67(63,64)44-15-9-12-36-37(44)13-8-14-42(36)54(2)3)45(57)28-65-34-19-16-30(17-20-34)47-51-40-24-31(18-23-43(40)56(47)33-10-6-5-7-11-33)48(60)52-41(49(61)62)25-32-27-50-39-22-21-35(26-38(32)39)66-29-46(58)59/h8-9,12-24,26-27,33,41,50,53H,4-7,10-11,25,28-29H2,1-3H3,(H,52,60)(H,58,59)(H,61,62). The number of rotatable bonds is 18. The topological polar surface area (TPSA) is 225 Å². The Kier molecular flexibility index (Phi) is 13.5. The monoisotopic (exact) mass is 929 g/mol. The molecule has 2 aromatic heterocycles. The van der Waals surface area contributed by atoms with Crippen LogP contribution in [0.15, 0.2) is 108 Å². The Bertz CT molecular complexity index is 3100. The summed E-state index contributed by atoms with van der Waals surface area (Å²) in [4.78, 5) is 63.1. The highest BCUT2D eigenvalue weighted by atomic mass is 32.2. The molecule has 5 N–H and O–H groups in total. The van der Waals surface area contributed by atoms with Crippen LogP contribution in [0.1, 0.15) is 61.0 Å². The number of carbonyl (C=O) groups is 4. The molecule has 67 heavy (non-hydrogen) atoms. The number of sulfonamides is 1. The van der Waals surface area contributed by atoms with Gasteiger partial charge in [0.05, 0.1) is 15.9 Å². The van der Waals surface area contributed by atoms with Crippen LogP contribution in [0.3, 0.4) is 0 Å². The predicted molar refractivity (Wildman–Crippen MR) is 253 cm³/mol. The fraction of sp³-hybridized carbons (Fsp3) is 0.286. The number of carbonyl (C=O) groups excluding carboxylic acids is 2. The number of nitrogens with one attached hydrogen (secondary N) is 3. The largest absolute Gasteiger partial charge is 0.484 e. The Morgan fingerprint density at radius 3 is 2.28 bits per heavy atom. The SMILES string of the molecule is CCN(NS(=O)(=O)c1cccc2c(N(C)C)cccc12)C(=O)COc1ccc(-c2nc3cc(C(=O)NC(Cc4c[nH]c5ccc(OCC(=O)O)cc45)C(=O)O)ccc3n2C2CCCCC2)cc1. The van der Waals surface area contributed by atoms with Crippen LogP contribution in [0, 0.1) is 0 Å². The number of anilines is 1. The fourth-order valence-electron chi connectivity index (χ4n) is 8.67. The van der Waals surface area contributed by atoms with Crippen molar-refractivity contribution in [2.75, 3.05) is 38.8 Å². The van der Waals surface area contributed by atoms with Gasteiger partial charge in [0.1, 0.15) is 23.4 Å². The first kappa shape index (κ1) is 46.1. The van der Waals surface area contributed by atoms with E-state index in [4.69, 9.17) is 19.6 Å². The van der Waals surface area contributed by atoms with E-state index < -0.39 is 53.0 Å². The van der Waals surface area contributed by atoms with Crippen LogP contribution in [0.5, 0.6) is 11.5 Å². The van der Waals surface area contributed by atoms with Crippen LogP contribution in [0.25, 0.3) is 44.1 Å². The molecule has 2 heterocycles. The van der Waals surface area contributed by atoms with Crippen LogP contribution >= 0.6 is 0 Å². The van der Waals surface area contributed by atoms with Gasteiger partial charge in [-0.2, -0.15) is 0 Å². The summed E-state index contributed by atoms with van der Waals surface area (Å²) >= 11 is 0. The van der Waals surface area contributed by atoms with Gasteiger partial charge < -0.3 is 39.5 Å². The molecular formula is C49H51N7O10S. The van der Waals surface area contributed by atoms with Gasteiger partial charge in [0.25, 0.3) is 21.8 Å². The Hall–Kier alpha value is -7.44. The van der Waals surface area contributed by atoms with E-state index in [1.807, 2.05) is 49.3 Å². The summed E-state index contributed by atoms with van der Waals surface area (Å²) in [7, 11) is -0.394. The summed E-state index contributed by atoms with van der Waals surface area (Å²) in [6.07, 6.45) is 6.73. The summed E-state index contributed by atoms with van der Waals surface area (Å²) in [5, 5.41) is 24.8. The molecule has 1 atom stereocenters. The van der Waals surface area contributed by atoms with Crippen LogP contribution in [-0.2, 0) is 30.8 Å². The van der Waals surface area contributed by atoms with E-state index in [9.17, 15) is 32.7 Å². The number of aromatic nitrogens is 3. The molecule has 1 unspecified atom stereocenters. The van der Waals surface area contributed by atoms with E-state index in [1.54, 1.807) is 73.8 Å². The van der Waals surface area contributed by atoms with Crippen LogP contribution < -0.4 is 24.5 Å². The highest BCUT2D eigenvalue weighted by Crippen LogP contribution is 2.37. The molecule has 0 radical (unpaired) electrons. The van der Waals surface area contributed by atoms with Crippen molar-refractivity contribution >= 4 is 72.2 Å². The van der Waals surface area contributed by atoms with E-state index in [0.29, 0.717) is 44.7 Å². The third-order valence-electron chi connectivity index (χ3n) is 12.0. The van der Waals surface area contributed by atoms with Gasteiger partial charge in [-0.25, -0.2) is 23.0 Å². The molecule has 7 aromatic rings. The van der Waals surface area contributed by atoms with Crippen molar-refractivity contribution in [2.45, 2.75) is 62.4 Å². The Labute approximate surface area is 386 Å². The van der Waals surface area contributed by atoms with E-state index in [-0.39, 0.29) is 29.5 Å². The zero-order valence-corrected chi connectivity index (χ0v) is 38.0. The van der Waals surface area contributed by atoms with Crippen molar-refractivity contribution < 1.29 is 47.3 Å². The number of hydrogen-bond acceptors (Lipinski definition) is 10. The second-order valence-electron chi connectivity index (χ2n) is 16.6. The van der Waals surface area contributed by atoms with Gasteiger partial charge in [0.2, 0.25) is 0 Å². The number of benzene rings is 5. The zero-order valence-electron chi connectivity index (χ0n) is 37.2. The summed E-state index contributed by atoms with van der Waals surface area (Å²) in [5.41, 5.74) is 4.52. The number of aromatic amines is 1. The summed E-state index contributed by atoms with van der Waals surface area (Å²) in [6.45, 7) is 0.749. The zero-order chi connectivity index (χ0) is 47.4. The number of fused-ring (bicyclic) bond motifs is 3. The molecule has 348 valence electrons. The maximum atomic E-state index is 13.7. The van der Waals surface area contributed by atoms with Gasteiger partial charge >= 0.3 is 11.9 Å². The highest BCUT2D eigenvalue weighted by Gasteiger charge is 2.27. The lowest BCUT2D eigenvalue weighted by atomic mass is 9.94. The number of imidazole rings is 1. The van der Waals surface area contributed by atoms with Crippen molar-refractivity contribution in [3.8, 4) is 22.9 Å². The van der Waals surface area contributed by atoms with Crippen molar-refractivity contribution in [1.82, 2.24) is 29.7 Å². The normalized spacial score (nSPS) is 13.7. The number of aliphatic carboxylic acids is 2. The highest BCUT2D eigenvalue weighted by molar-refractivity contribution is 7.89. The molecule has 1 saturated carbocycles. The smallest absolute Gasteiger partial charge is 0.341 e. The van der Waals surface area contributed by atoms with Gasteiger partial charge in [0.15, 0.2) is 13.2 Å². The number of hydrogen-bond donors (Lipinski definition) is 5. The Balaban J connectivity index is 0.974. The Morgan fingerprint density at radius 2 is 1.57 bits per heavy atom. The van der Waals surface area contributed by atoms with E-state index >= 15 is 0 Å².